The molecule has 1 aliphatic heterocycles. The van der Waals surface area contributed by atoms with Gasteiger partial charge in [-0.15, -0.1) is 0 Å². The van der Waals surface area contributed by atoms with E-state index in [0.29, 0.717) is 36.3 Å². The molecule has 1 aromatic rings. The van der Waals surface area contributed by atoms with Crippen LogP contribution in [0.25, 0.3) is 0 Å². The number of ether oxygens (including phenoxy) is 1. The van der Waals surface area contributed by atoms with E-state index >= 15 is 0 Å². The highest BCUT2D eigenvalue weighted by molar-refractivity contribution is 9.10. The number of carbonyl (C=O) groups excluding carboxylic acids is 1. The molecule has 4 nitrogen and oxygen atoms in total. The Morgan fingerprint density at radius 1 is 1.24 bits per heavy atom. The van der Waals surface area contributed by atoms with Crippen molar-refractivity contribution in [2.24, 2.45) is 0 Å². The molecule has 0 radical (unpaired) electrons. The number of piperazine rings is 1. The quantitative estimate of drug-likeness (QED) is 0.768. The smallest absolute Gasteiger partial charge is 0.410 e. The summed E-state index contributed by atoms with van der Waals surface area (Å²) in [5.74, 6) is -0.261. The maximum absolute atomic E-state index is 14.1. The van der Waals surface area contributed by atoms with Gasteiger partial charge in [-0.2, -0.15) is 0 Å². The van der Waals surface area contributed by atoms with Crippen molar-refractivity contribution in [3.63, 3.8) is 0 Å². The fraction of sp³-hybridized carbons (Fsp3) is 0.533. The summed E-state index contributed by atoms with van der Waals surface area (Å²) in [5, 5.41) is 0. The van der Waals surface area contributed by atoms with E-state index < -0.39 is 5.60 Å². The molecular weight excluding hydrogens is 339 g/mol. The van der Waals surface area contributed by atoms with Crippen molar-refractivity contribution >= 4 is 27.7 Å². The van der Waals surface area contributed by atoms with Gasteiger partial charge in [0.2, 0.25) is 0 Å². The van der Waals surface area contributed by atoms with Crippen LogP contribution in [-0.2, 0) is 4.74 Å². The minimum absolute atomic E-state index is 0.261. The third-order valence-corrected chi connectivity index (χ3v) is 3.82. The summed E-state index contributed by atoms with van der Waals surface area (Å²) >= 11 is 3.19. The SMILES string of the molecule is CC(C)(C)OC(=O)N1CCN(c2cccc(Br)c2F)CC1. The number of halogens is 2. The molecule has 2 rings (SSSR count). The summed E-state index contributed by atoms with van der Waals surface area (Å²) in [7, 11) is 0. The van der Waals surface area contributed by atoms with Gasteiger partial charge in [0.15, 0.2) is 5.82 Å². The first-order valence-corrected chi connectivity index (χ1v) is 7.74. The van der Waals surface area contributed by atoms with Crippen LogP contribution in [0.5, 0.6) is 0 Å². The van der Waals surface area contributed by atoms with Gasteiger partial charge in [-0.3, -0.25) is 0 Å². The summed E-state index contributed by atoms with van der Waals surface area (Å²) in [5.41, 5.74) is 0.0677. The Balaban J connectivity index is 1.97. The lowest BCUT2D eigenvalue weighted by atomic mass is 10.2. The van der Waals surface area contributed by atoms with E-state index in [1.165, 1.54) is 0 Å². The molecule has 0 bridgehead atoms. The number of amides is 1. The van der Waals surface area contributed by atoms with Crippen LogP contribution in [0.3, 0.4) is 0 Å². The fourth-order valence-electron chi connectivity index (χ4n) is 2.19. The summed E-state index contributed by atoms with van der Waals surface area (Å²) in [6, 6.07) is 5.24. The molecule has 0 unspecified atom stereocenters. The van der Waals surface area contributed by atoms with E-state index in [1.54, 1.807) is 17.0 Å². The lowest BCUT2D eigenvalue weighted by molar-refractivity contribution is 0.0240. The molecule has 1 aliphatic rings. The molecule has 21 heavy (non-hydrogen) atoms. The number of carbonyl (C=O) groups is 1. The van der Waals surface area contributed by atoms with E-state index in [9.17, 15) is 9.18 Å². The van der Waals surface area contributed by atoms with Gasteiger partial charge in [-0.05, 0) is 48.8 Å². The zero-order valence-electron chi connectivity index (χ0n) is 12.5. The number of hydrogen-bond donors (Lipinski definition) is 0. The molecule has 1 fully saturated rings. The summed E-state index contributed by atoms with van der Waals surface area (Å²) in [6.45, 7) is 7.77. The topological polar surface area (TPSA) is 32.8 Å². The standard InChI is InChI=1S/C15H20BrFN2O2/c1-15(2,3)21-14(20)19-9-7-18(8-10-19)12-6-4-5-11(16)13(12)17/h4-6H,7-10H2,1-3H3. The van der Waals surface area contributed by atoms with E-state index in [-0.39, 0.29) is 11.9 Å². The number of benzene rings is 1. The summed E-state index contributed by atoms with van der Waals surface area (Å²) < 4.78 is 19.9. The van der Waals surface area contributed by atoms with Crippen LogP contribution in [0.2, 0.25) is 0 Å². The van der Waals surface area contributed by atoms with Crippen molar-refractivity contribution in [3.8, 4) is 0 Å². The van der Waals surface area contributed by atoms with Crippen molar-refractivity contribution < 1.29 is 13.9 Å². The van der Waals surface area contributed by atoms with Crippen LogP contribution < -0.4 is 4.90 Å². The van der Waals surface area contributed by atoms with E-state index in [2.05, 4.69) is 15.9 Å². The normalized spacial score (nSPS) is 16.0. The molecule has 1 saturated heterocycles. The second-order valence-electron chi connectivity index (χ2n) is 6.03. The Morgan fingerprint density at radius 3 is 2.43 bits per heavy atom. The highest BCUT2D eigenvalue weighted by atomic mass is 79.9. The summed E-state index contributed by atoms with van der Waals surface area (Å²) in [4.78, 5) is 15.6. The van der Waals surface area contributed by atoms with Crippen molar-refractivity contribution in [2.75, 3.05) is 31.1 Å². The predicted molar refractivity (Wildman–Crippen MR) is 84.1 cm³/mol. The molecule has 1 amide bonds. The average molecular weight is 359 g/mol. The van der Waals surface area contributed by atoms with Crippen LogP contribution >= 0.6 is 15.9 Å². The van der Waals surface area contributed by atoms with Gasteiger partial charge >= 0.3 is 6.09 Å². The molecular formula is C15H20BrFN2O2. The second kappa shape index (κ2) is 6.22. The van der Waals surface area contributed by atoms with Gasteiger partial charge < -0.3 is 14.5 Å². The number of nitrogens with zero attached hydrogens (tertiary/aromatic N) is 2. The van der Waals surface area contributed by atoms with E-state index in [1.807, 2.05) is 31.7 Å². The monoisotopic (exact) mass is 358 g/mol. The predicted octanol–water partition coefficient (Wildman–Crippen LogP) is 3.65. The van der Waals surface area contributed by atoms with Gasteiger partial charge in [-0.1, -0.05) is 6.07 Å². The van der Waals surface area contributed by atoms with Crippen molar-refractivity contribution in [2.45, 2.75) is 26.4 Å². The summed E-state index contributed by atoms with van der Waals surface area (Å²) in [6.07, 6.45) is -0.308. The largest absolute Gasteiger partial charge is 0.444 e. The molecule has 0 spiro atoms. The zero-order chi connectivity index (χ0) is 15.6. The van der Waals surface area contributed by atoms with Crippen molar-refractivity contribution in [1.29, 1.82) is 0 Å². The first-order chi connectivity index (χ1) is 9.78. The second-order valence-corrected chi connectivity index (χ2v) is 6.88. The Hall–Kier alpha value is -1.30. The Bertz CT molecular complexity index is 523. The van der Waals surface area contributed by atoms with Crippen LogP contribution in [0.1, 0.15) is 20.8 Å². The van der Waals surface area contributed by atoms with Gasteiger partial charge in [0.05, 0.1) is 10.2 Å². The van der Waals surface area contributed by atoms with Crippen LogP contribution in [-0.4, -0.2) is 42.8 Å². The van der Waals surface area contributed by atoms with Gasteiger partial charge in [0.25, 0.3) is 0 Å². The molecule has 0 N–H and O–H groups in total. The maximum Gasteiger partial charge on any atom is 0.410 e. The van der Waals surface area contributed by atoms with Crippen LogP contribution in [0.4, 0.5) is 14.9 Å². The van der Waals surface area contributed by atoms with Crippen molar-refractivity contribution in [3.05, 3.63) is 28.5 Å². The molecule has 0 aliphatic carbocycles. The lowest BCUT2D eigenvalue weighted by Gasteiger charge is -2.36. The zero-order valence-corrected chi connectivity index (χ0v) is 14.1. The minimum atomic E-state index is -0.495. The van der Waals surface area contributed by atoms with Gasteiger partial charge in [-0.25, -0.2) is 9.18 Å². The van der Waals surface area contributed by atoms with Crippen molar-refractivity contribution in [1.82, 2.24) is 4.90 Å². The van der Waals surface area contributed by atoms with Gasteiger partial charge in [0.1, 0.15) is 5.60 Å². The Kier molecular flexibility index (Phi) is 4.76. The Labute approximate surface area is 133 Å². The third kappa shape index (κ3) is 4.09. The number of rotatable bonds is 1. The molecule has 1 heterocycles. The first kappa shape index (κ1) is 16.1. The molecule has 0 aromatic heterocycles. The van der Waals surface area contributed by atoms with Crippen LogP contribution in [0.15, 0.2) is 22.7 Å². The average Bonchev–Trinajstić information content (AvgIpc) is 2.40. The number of anilines is 1. The first-order valence-electron chi connectivity index (χ1n) is 6.95. The fourth-order valence-corrected chi connectivity index (χ4v) is 2.55. The molecule has 6 heteroatoms. The molecule has 0 atom stereocenters. The van der Waals surface area contributed by atoms with Crippen LogP contribution in [0, 0.1) is 5.82 Å². The molecule has 0 saturated carbocycles. The van der Waals surface area contributed by atoms with E-state index in [0.717, 1.165) is 0 Å². The number of hydrogen-bond acceptors (Lipinski definition) is 3. The Morgan fingerprint density at radius 2 is 1.86 bits per heavy atom. The maximum atomic E-state index is 14.1. The molecule has 1 aromatic carbocycles. The third-order valence-electron chi connectivity index (χ3n) is 3.20. The van der Waals surface area contributed by atoms with E-state index in [4.69, 9.17) is 4.74 Å². The minimum Gasteiger partial charge on any atom is -0.444 e. The lowest BCUT2D eigenvalue weighted by Crippen LogP contribution is -2.50. The molecule has 116 valence electrons. The highest BCUT2D eigenvalue weighted by Crippen LogP contribution is 2.26. The van der Waals surface area contributed by atoms with Gasteiger partial charge in [0, 0.05) is 26.2 Å². The highest BCUT2D eigenvalue weighted by Gasteiger charge is 2.26.